The maximum Gasteiger partial charge on any atom is 0.229 e. The minimum atomic E-state index is -0.128. The minimum absolute atomic E-state index is 0.0132. The molecular weight excluding hydrogens is 190 g/mol. The molecule has 0 radical (unpaired) electrons. The number of rotatable bonds is 4. The predicted molar refractivity (Wildman–Crippen MR) is 60.8 cm³/mol. The lowest BCUT2D eigenvalue weighted by Crippen LogP contribution is -2.23. The van der Waals surface area contributed by atoms with Gasteiger partial charge in [-0.15, -0.1) is 0 Å². The molecule has 1 rings (SSSR count). The molecule has 1 unspecified atom stereocenters. The highest BCUT2D eigenvalue weighted by Crippen LogP contribution is 2.10. The van der Waals surface area contributed by atoms with Crippen LogP contribution in [0.2, 0.25) is 0 Å². The first kappa shape index (κ1) is 11.7. The van der Waals surface area contributed by atoms with Gasteiger partial charge in [0.25, 0.3) is 0 Å². The third-order valence-corrected chi connectivity index (χ3v) is 2.18. The number of amides is 1. The number of benzene rings is 1. The number of methoxy groups -OCH3 is 1. The molecule has 1 amide bonds. The van der Waals surface area contributed by atoms with E-state index in [4.69, 9.17) is 4.74 Å². The van der Waals surface area contributed by atoms with E-state index in [1.54, 1.807) is 7.11 Å². The van der Waals surface area contributed by atoms with E-state index < -0.39 is 0 Å². The van der Waals surface area contributed by atoms with Crippen molar-refractivity contribution in [2.24, 2.45) is 5.92 Å². The van der Waals surface area contributed by atoms with Gasteiger partial charge in [-0.3, -0.25) is 4.79 Å². The van der Waals surface area contributed by atoms with E-state index in [1.807, 2.05) is 38.1 Å². The van der Waals surface area contributed by atoms with Gasteiger partial charge in [-0.05, 0) is 19.1 Å². The van der Waals surface area contributed by atoms with Gasteiger partial charge in [0.05, 0.1) is 12.5 Å². The van der Waals surface area contributed by atoms with Crippen molar-refractivity contribution in [3.05, 3.63) is 29.8 Å². The number of hydrogen-bond donors (Lipinski definition) is 1. The Labute approximate surface area is 90.4 Å². The number of nitrogens with one attached hydrogen (secondary N) is 1. The summed E-state index contributed by atoms with van der Waals surface area (Å²) in [5, 5.41) is 2.83. The normalized spacial score (nSPS) is 12.2. The Morgan fingerprint density at radius 3 is 2.53 bits per heavy atom. The molecule has 1 N–H and O–H groups in total. The first-order valence-electron chi connectivity index (χ1n) is 5.00. The Bertz CT molecular complexity index is 319. The fourth-order valence-corrected chi connectivity index (χ4v) is 1.23. The van der Waals surface area contributed by atoms with Gasteiger partial charge in [0.2, 0.25) is 5.91 Å². The first-order chi connectivity index (χ1) is 7.13. The van der Waals surface area contributed by atoms with Crippen LogP contribution in [0.15, 0.2) is 24.3 Å². The van der Waals surface area contributed by atoms with Gasteiger partial charge in [0, 0.05) is 12.8 Å². The topological polar surface area (TPSA) is 38.3 Å². The molecule has 0 aliphatic rings. The minimum Gasteiger partial charge on any atom is -0.384 e. The summed E-state index contributed by atoms with van der Waals surface area (Å²) in [4.78, 5) is 11.6. The predicted octanol–water partition coefficient (Wildman–Crippen LogP) is 2.22. The van der Waals surface area contributed by atoms with Crippen molar-refractivity contribution >= 4 is 11.6 Å². The van der Waals surface area contributed by atoms with Crippen LogP contribution in [-0.2, 0) is 9.53 Å². The van der Waals surface area contributed by atoms with Gasteiger partial charge >= 0.3 is 0 Å². The highest BCUT2D eigenvalue weighted by molar-refractivity contribution is 5.92. The second-order valence-corrected chi connectivity index (χ2v) is 3.71. The van der Waals surface area contributed by atoms with E-state index in [-0.39, 0.29) is 11.8 Å². The van der Waals surface area contributed by atoms with Crippen molar-refractivity contribution < 1.29 is 9.53 Å². The fourth-order valence-electron chi connectivity index (χ4n) is 1.23. The highest BCUT2D eigenvalue weighted by atomic mass is 16.5. The van der Waals surface area contributed by atoms with Crippen molar-refractivity contribution in [3.63, 3.8) is 0 Å². The van der Waals surface area contributed by atoms with E-state index in [0.29, 0.717) is 6.61 Å². The molecule has 0 aromatic heterocycles. The summed E-state index contributed by atoms with van der Waals surface area (Å²) < 4.78 is 4.92. The zero-order valence-corrected chi connectivity index (χ0v) is 9.41. The third kappa shape index (κ3) is 3.72. The Balaban J connectivity index is 2.54. The van der Waals surface area contributed by atoms with E-state index in [0.717, 1.165) is 5.69 Å². The van der Waals surface area contributed by atoms with Crippen LogP contribution in [0.4, 0.5) is 5.69 Å². The average Bonchev–Trinajstić information content (AvgIpc) is 2.22. The van der Waals surface area contributed by atoms with E-state index >= 15 is 0 Å². The number of carbonyl (C=O) groups excluding carboxylic acids is 1. The van der Waals surface area contributed by atoms with Crippen molar-refractivity contribution in [2.75, 3.05) is 19.0 Å². The quantitative estimate of drug-likeness (QED) is 0.822. The zero-order valence-electron chi connectivity index (χ0n) is 9.41. The van der Waals surface area contributed by atoms with Gasteiger partial charge in [-0.1, -0.05) is 24.6 Å². The zero-order chi connectivity index (χ0) is 11.3. The molecule has 0 heterocycles. The fraction of sp³-hybridized carbons (Fsp3) is 0.417. The summed E-state index contributed by atoms with van der Waals surface area (Å²) in [6.07, 6.45) is 0. The molecule has 1 atom stereocenters. The molecule has 0 aliphatic carbocycles. The monoisotopic (exact) mass is 207 g/mol. The average molecular weight is 207 g/mol. The molecule has 3 heteroatoms. The third-order valence-electron chi connectivity index (χ3n) is 2.18. The summed E-state index contributed by atoms with van der Waals surface area (Å²) >= 11 is 0. The van der Waals surface area contributed by atoms with Gasteiger partial charge in [-0.2, -0.15) is 0 Å². The van der Waals surface area contributed by atoms with Gasteiger partial charge < -0.3 is 10.1 Å². The molecule has 1 aromatic carbocycles. The van der Waals surface area contributed by atoms with E-state index in [2.05, 4.69) is 5.32 Å². The smallest absolute Gasteiger partial charge is 0.229 e. The van der Waals surface area contributed by atoms with E-state index in [1.165, 1.54) is 5.56 Å². The lowest BCUT2D eigenvalue weighted by Gasteiger charge is -2.11. The Morgan fingerprint density at radius 1 is 1.40 bits per heavy atom. The summed E-state index contributed by atoms with van der Waals surface area (Å²) in [5.41, 5.74) is 2.01. The summed E-state index contributed by atoms with van der Waals surface area (Å²) in [6, 6.07) is 7.73. The largest absolute Gasteiger partial charge is 0.384 e. The van der Waals surface area contributed by atoms with Crippen LogP contribution in [-0.4, -0.2) is 19.6 Å². The molecule has 82 valence electrons. The highest BCUT2D eigenvalue weighted by Gasteiger charge is 2.11. The number of aryl methyl sites for hydroxylation is 1. The number of hydrogen-bond acceptors (Lipinski definition) is 2. The van der Waals surface area contributed by atoms with E-state index in [9.17, 15) is 4.79 Å². The molecule has 15 heavy (non-hydrogen) atoms. The van der Waals surface area contributed by atoms with Crippen molar-refractivity contribution in [2.45, 2.75) is 13.8 Å². The Kier molecular flexibility index (Phi) is 4.31. The molecule has 0 fully saturated rings. The Morgan fingerprint density at radius 2 is 2.00 bits per heavy atom. The van der Waals surface area contributed by atoms with Crippen LogP contribution in [0.3, 0.4) is 0 Å². The van der Waals surface area contributed by atoms with Crippen LogP contribution in [0, 0.1) is 12.8 Å². The molecule has 0 saturated heterocycles. The molecule has 0 saturated carbocycles. The van der Waals surface area contributed by atoms with Gasteiger partial charge in [0.15, 0.2) is 0 Å². The second kappa shape index (κ2) is 5.51. The molecule has 0 bridgehead atoms. The van der Waals surface area contributed by atoms with Gasteiger partial charge in [-0.25, -0.2) is 0 Å². The van der Waals surface area contributed by atoms with Crippen molar-refractivity contribution in [1.29, 1.82) is 0 Å². The van der Waals surface area contributed by atoms with Crippen LogP contribution in [0.5, 0.6) is 0 Å². The maximum atomic E-state index is 11.6. The molecular formula is C12H17NO2. The summed E-state index contributed by atoms with van der Waals surface area (Å²) in [6.45, 7) is 4.30. The molecule has 0 aliphatic heterocycles. The number of ether oxygens (including phenoxy) is 1. The van der Waals surface area contributed by atoms with Crippen LogP contribution < -0.4 is 5.32 Å². The van der Waals surface area contributed by atoms with Crippen LogP contribution in [0.25, 0.3) is 0 Å². The molecule has 3 nitrogen and oxygen atoms in total. The summed E-state index contributed by atoms with van der Waals surface area (Å²) in [5.74, 6) is -0.142. The first-order valence-corrected chi connectivity index (χ1v) is 5.00. The summed E-state index contributed by atoms with van der Waals surface area (Å²) in [7, 11) is 1.59. The lowest BCUT2D eigenvalue weighted by atomic mass is 10.1. The SMILES string of the molecule is COCC(C)C(=O)Nc1ccc(C)cc1. The van der Waals surface area contributed by atoms with Crippen molar-refractivity contribution in [3.8, 4) is 0 Å². The standard InChI is InChI=1S/C12H17NO2/c1-9-4-6-11(7-5-9)13-12(14)10(2)8-15-3/h4-7,10H,8H2,1-3H3,(H,13,14). The lowest BCUT2D eigenvalue weighted by molar-refractivity contribution is -0.120. The number of anilines is 1. The maximum absolute atomic E-state index is 11.6. The van der Waals surface area contributed by atoms with Crippen molar-refractivity contribution in [1.82, 2.24) is 0 Å². The second-order valence-electron chi connectivity index (χ2n) is 3.71. The van der Waals surface area contributed by atoms with Crippen LogP contribution >= 0.6 is 0 Å². The Hall–Kier alpha value is -1.35. The number of carbonyl (C=O) groups is 1. The van der Waals surface area contributed by atoms with Gasteiger partial charge in [0.1, 0.15) is 0 Å². The molecule has 1 aromatic rings. The molecule has 0 spiro atoms. The van der Waals surface area contributed by atoms with Crippen LogP contribution in [0.1, 0.15) is 12.5 Å².